The zero-order chi connectivity index (χ0) is 27.7. The zero-order valence-corrected chi connectivity index (χ0v) is 22.5. The lowest BCUT2D eigenvalue weighted by Crippen LogP contribution is -2.33. The summed E-state index contributed by atoms with van der Waals surface area (Å²) in [6.07, 6.45) is 0. The van der Waals surface area contributed by atoms with Gasteiger partial charge in [-0.1, -0.05) is 12.1 Å². The molecule has 1 aliphatic rings. The van der Waals surface area contributed by atoms with Crippen molar-refractivity contribution < 1.29 is 38.4 Å². The molecule has 0 radical (unpaired) electrons. The van der Waals surface area contributed by atoms with Crippen molar-refractivity contribution in [1.82, 2.24) is 19.8 Å². The van der Waals surface area contributed by atoms with E-state index in [9.17, 15) is 14.7 Å². The number of aromatic carboxylic acids is 1. The summed E-state index contributed by atoms with van der Waals surface area (Å²) in [5.74, 6) is -1.51. The van der Waals surface area contributed by atoms with Crippen molar-refractivity contribution in [2.75, 3.05) is 86.1 Å². The number of rotatable bonds is 6. The lowest BCUT2D eigenvalue weighted by atomic mass is 10.3. The van der Waals surface area contributed by atoms with Crippen LogP contribution in [0.1, 0.15) is 32.4 Å². The zero-order valence-electron chi connectivity index (χ0n) is 22.5. The van der Waals surface area contributed by atoms with Gasteiger partial charge in [0, 0.05) is 39.3 Å². The number of pyridine rings is 2. The van der Waals surface area contributed by atoms with Gasteiger partial charge in [0.05, 0.1) is 71.4 Å². The minimum atomic E-state index is -1.05. The first kappa shape index (κ1) is 30.5. The van der Waals surface area contributed by atoms with Crippen LogP contribution in [-0.2, 0) is 36.8 Å². The van der Waals surface area contributed by atoms with Crippen LogP contribution < -0.4 is 0 Å². The molecule has 3 rings (SSSR count). The molecule has 3 heterocycles. The predicted octanol–water partition coefficient (Wildman–Crippen LogP) is 1.35. The molecule has 2 aromatic heterocycles. The molecule has 39 heavy (non-hydrogen) atoms. The average molecular weight is 547 g/mol. The Morgan fingerprint density at radius 1 is 0.718 bits per heavy atom. The van der Waals surface area contributed by atoms with Gasteiger partial charge in [-0.2, -0.15) is 0 Å². The van der Waals surface area contributed by atoms with Crippen molar-refractivity contribution in [3.63, 3.8) is 0 Å². The van der Waals surface area contributed by atoms with E-state index in [1.807, 2.05) is 12.1 Å². The summed E-state index contributed by atoms with van der Waals surface area (Å²) in [7, 11) is 1.34. The molecule has 0 atom stereocenters. The predicted molar refractivity (Wildman–Crippen MR) is 141 cm³/mol. The molecule has 1 saturated heterocycles. The van der Waals surface area contributed by atoms with Gasteiger partial charge in [-0.15, -0.1) is 0 Å². The summed E-state index contributed by atoms with van der Waals surface area (Å²) in [5.41, 5.74) is 1.75. The molecule has 0 unspecified atom stereocenters. The molecule has 1 aliphatic heterocycles. The number of carboxylic acid groups (broad SMARTS) is 1. The minimum Gasteiger partial charge on any atom is -0.477 e. The fourth-order valence-electron chi connectivity index (χ4n) is 3.89. The number of aromatic nitrogens is 2. The Balaban J connectivity index is 1.49. The Bertz CT molecular complexity index is 1000. The summed E-state index contributed by atoms with van der Waals surface area (Å²) in [5, 5.41) is 9.21. The van der Waals surface area contributed by atoms with Crippen LogP contribution in [0.5, 0.6) is 0 Å². The number of esters is 1. The van der Waals surface area contributed by atoms with E-state index in [0.29, 0.717) is 97.8 Å². The molecule has 12 nitrogen and oxygen atoms in total. The third kappa shape index (κ3) is 11.7. The standard InChI is InChI=1S/C27H38N4O8/c1-35-27(34)25-7-3-5-23(29-25)21-31-10-14-38-18-16-36-12-8-30(9-13-37-17-19-39-15-11-31)20-22-4-2-6-24(28-22)26(32)33/h2-7H,8-21H2,1H3,(H,32,33). The van der Waals surface area contributed by atoms with Crippen LogP contribution in [0.4, 0.5) is 0 Å². The molecular weight excluding hydrogens is 508 g/mol. The van der Waals surface area contributed by atoms with Gasteiger partial charge in [0.15, 0.2) is 0 Å². The van der Waals surface area contributed by atoms with Crippen LogP contribution in [0.3, 0.4) is 0 Å². The first-order chi connectivity index (χ1) is 19.0. The Labute approximate surface area is 228 Å². The smallest absolute Gasteiger partial charge is 0.356 e. The number of hydrogen-bond acceptors (Lipinski definition) is 11. The molecule has 214 valence electrons. The maximum atomic E-state index is 11.8. The summed E-state index contributed by atoms with van der Waals surface area (Å²) in [6.45, 7) is 7.54. The largest absolute Gasteiger partial charge is 0.477 e. The number of methoxy groups -OCH3 is 1. The van der Waals surface area contributed by atoms with Gasteiger partial charge in [0.25, 0.3) is 0 Å². The highest BCUT2D eigenvalue weighted by Gasteiger charge is 2.13. The van der Waals surface area contributed by atoms with E-state index in [4.69, 9.17) is 23.7 Å². The minimum absolute atomic E-state index is 0.0280. The van der Waals surface area contributed by atoms with Gasteiger partial charge < -0.3 is 28.8 Å². The molecule has 0 amide bonds. The van der Waals surface area contributed by atoms with Gasteiger partial charge >= 0.3 is 11.9 Å². The average Bonchev–Trinajstić information content (AvgIpc) is 2.94. The molecular formula is C27H38N4O8. The molecule has 0 aromatic carbocycles. The second-order valence-corrected chi connectivity index (χ2v) is 8.83. The van der Waals surface area contributed by atoms with Crippen molar-refractivity contribution in [1.29, 1.82) is 0 Å². The topological polar surface area (TPSA) is 133 Å². The van der Waals surface area contributed by atoms with Crippen LogP contribution in [0.15, 0.2) is 36.4 Å². The number of ether oxygens (including phenoxy) is 5. The van der Waals surface area contributed by atoms with Gasteiger partial charge in [-0.25, -0.2) is 19.6 Å². The first-order valence-electron chi connectivity index (χ1n) is 13.0. The normalized spacial score (nSPS) is 18.1. The second kappa shape index (κ2) is 17.6. The molecule has 12 heteroatoms. The lowest BCUT2D eigenvalue weighted by molar-refractivity contribution is 0.00597. The van der Waals surface area contributed by atoms with E-state index < -0.39 is 11.9 Å². The Kier molecular flexibility index (Phi) is 13.8. The summed E-state index contributed by atoms with van der Waals surface area (Å²) < 4.78 is 27.9. The fourth-order valence-corrected chi connectivity index (χ4v) is 3.89. The molecule has 1 N–H and O–H groups in total. The quantitative estimate of drug-likeness (QED) is 0.524. The number of carbonyl (C=O) groups excluding carboxylic acids is 1. The van der Waals surface area contributed by atoms with Crippen molar-refractivity contribution >= 4 is 11.9 Å². The second-order valence-electron chi connectivity index (χ2n) is 8.83. The van der Waals surface area contributed by atoms with E-state index in [-0.39, 0.29) is 11.4 Å². The van der Waals surface area contributed by atoms with Crippen LogP contribution in [-0.4, -0.2) is 123 Å². The van der Waals surface area contributed by atoms with Crippen molar-refractivity contribution in [2.45, 2.75) is 13.1 Å². The van der Waals surface area contributed by atoms with Gasteiger partial charge in [-0.3, -0.25) is 9.80 Å². The Morgan fingerprint density at radius 2 is 1.13 bits per heavy atom. The summed E-state index contributed by atoms with van der Waals surface area (Å²) >= 11 is 0. The van der Waals surface area contributed by atoms with Crippen LogP contribution in [0, 0.1) is 0 Å². The number of nitrogens with zero attached hydrogens (tertiary/aromatic N) is 4. The maximum absolute atomic E-state index is 11.8. The van der Waals surface area contributed by atoms with Gasteiger partial charge in [0.1, 0.15) is 11.4 Å². The van der Waals surface area contributed by atoms with Crippen molar-refractivity contribution in [3.05, 3.63) is 59.2 Å². The summed E-state index contributed by atoms with van der Waals surface area (Å²) in [4.78, 5) is 36.0. The van der Waals surface area contributed by atoms with E-state index in [2.05, 4.69) is 19.8 Å². The van der Waals surface area contributed by atoms with Gasteiger partial charge in [-0.05, 0) is 24.3 Å². The SMILES string of the molecule is COC(=O)c1cccc(CN2CCOCCOCCN(Cc3cccc(C(=O)O)n3)CCOCCOCC2)n1. The third-order valence-corrected chi connectivity index (χ3v) is 5.95. The molecule has 2 aromatic rings. The molecule has 1 fully saturated rings. The number of carboxylic acids is 1. The van der Waals surface area contributed by atoms with Crippen LogP contribution >= 0.6 is 0 Å². The van der Waals surface area contributed by atoms with E-state index in [1.54, 1.807) is 18.2 Å². The van der Waals surface area contributed by atoms with E-state index in [1.165, 1.54) is 13.2 Å². The van der Waals surface area contributed by atoms with Gasteiger partial charge in [0.2, 0.25) is 0 Å². The lowest BCUT2D eigenvalue weighted by Gasteiger charge is -2.23. The fraction of sp³-hybridized carbons (Fsp3) is 0.556. The van der Waals surface area contributed by atoms with Crippen molar-refractivity contribution in [2.24, 2.45) is 0 Å². The van der Waals surface area contributed by atoms with E-state index in [0.717, 1.165) is 5.69 Å². The summed E-state index contributed by atoms with van der Waals surface area (Å²) in [6, 6.07) is 10.3. The highest BCUT2D eigenvalue weighted by atomic mass is 16.5. The highest BCUT2D eigenvalue weighted by molar-refractivity contribution is 5.87. The molecule has 0 bridgehead atoms. The number of carbonyl (C=O) groups is 2. The maximum Gasteiger partial charge on any atom is 0.356 e. The molecule has 0 aliphatic carbocycles. The first-order valence-corrected chi connectivity index (χ1v) is 13.0. The van der Waals surface area contributed by atoms with E-state index >= 15 is 0 Å². The molecule has 0 spiro atoms. The van der Waals surface area contributed by atoms with Crippen LogP contribution in [0.25, 0.3) is 0 Å². The Morgan fingerprint density at radius 3 is 1.54 bits per heavy atom. The molecule has 0 saturated carbocycles. The highest BCUT2D eigenvalue weighted by Crippen LogP contribution is 2.07. The third-order valence-electron chi connectivity index (χ3n) is 5.95. The van der Waals surface area contributed by atoms with Crippen LogP contribution in [0.2, 0.25) is 0 Å². The number of hydrogen-bond donors (Lipinski definition) is 1. The monoisotopic (exact) mass is 546 g/mol. The van der Waals surface area contributed by atoms with Crippen molar-refractivity contribution in [3.8, 4) is 0 Å². The Hall–Kier alpha value is -3.00.